The standard InChI is InChI=1S/C12H6S2.2Th/c1-2-6-10-9(5-1)13-11-7-3-4-8-12(11)14-10;;/h1-5,7H;;/q-2;;. The molecule has 2 aromatic rings. The zero-order valence-electron chi connectivity index (χ0n) is 8.28. The minimum Gasteiger partial charge on any atom is -0.227 e. The summed E-state index contributed by atoms with van der Waals surface area (Å²) in [6.07, 6.45) is 0. The van der Waals surface area contributed by atoms with E-state index in [4.69, 9.17) is 0 Å². The molecule has 0 saturated heterocycles. The van der Waals surface area contributed by atoms with Crippen molar-refractivity contribution in [1.29, 1.82) is 0 Å². The first-order chi connectivity index (χ1) is 6.93. The molecular weight excluding hydrogens is 672 g/mol. The molecule has 1 aliphatic heterocycles. The van der Waals surface area contributed by atoms with Gasteiger partial charge in [0.15, 0.2) is 0 Å². The van der Waals surface area contributed by atoms with E-state index in [0.717, 1.165) is 0 Å². The molecule has 0 amide bonds. The fourth-order valence-corrected chi connectivity index (χ4v) is 3.48. The van der Waals surface area contributed by atoms with Crippen molar-refractivity contribution in [2.75, 3.05) is 0 Å². The molecule has 0 aromatic heterocycles. The summed E-state index contributed by atoms with van der Waals surface area (Å²) in [5, 5.41) is 0. The van der Waals surface area contributed by atoms with Crippen LogP contribution in [0.1, 0.15) is 0 Å². The van der Waals surface area contributed by atoms with Crippen molar-refractivity contribution in [2.45, 2.75) is 19.6 Å². The third-order valence-electron chi connectivity index (χ3n) is 1.99. The third kappa shape index (κ3) is 3.42. The average Bonchev–Trinajstić information content (AvgIpc) is 2.26. The Balaban J connectivity index is 0.000000640. The van der Waals surface area contributed by atoms with Gasteiger partial charge in [-0.25, -0.2) is 11.8 Å². The molecule has 0 fully saturated rings. The molecule has 1 heterocycles. The van der Waals surface area contributed by atoms with Crippen LogP contribution in [0.3, 0.4) is 0 Å². The number of benzene rings is 2. The van der Waals surface area contributed by atoms with Gasteiger partial charge in [-0.15, -0.1) is 11.8 Å². The summed E-state index contributed by atoms with van der Waals surface area (Å²) < 4.78 is 0. The maximum absolute atomic E-state index is 3.25. The molecule has 0 radical (unpaired) electrons. The molecule has 1 aliphatic rings. The van der Waals surface area contributed by atoms with E-state index in [1.165, 1.54) is 19.6 Å². The fraction of sp³-hybridized carbons (Fsp3) is 0. The molecule has 0 aliphatic carbocycles. The summed E-state index contributed by atoms with van der Waals surface area (Å²) >= 11 is 3.55. The van der Waals surface area contributed by atoms with Crippen LogP contribution in [0.5, 0.6) is 0 Å². The number of hydrogen-bond donors (Lipinski definition) is 0. The summed E-state index contributed by atoms with van der Waals surface area (Å²) in [6.45, 7) is 0. The Morgan fingerprint density at radius 1 is 0.750 bits per heavy atom. The van der Waals surface area contributed by atoms with E-state index in [1.54, 1.807) is 23.5 Å². The Hall–Kier alpha value is 1.79. The topological polar surface area (TPSA) is 0 Å². The molecule has 16 heavy (non-hydrogen) atoms. The molecule has 76 valence electrons. The van der Waals surface area contributed by atoms with E-state index < -0.39 is 0 Å². The van der Waals surface area contributed by atoms with Gasteiger partial charge in [0.1, 0.15) is 0 Å². The minimum atomic E-state index is 0. The summed E-state index contributed by atoms with van der Waals surface area (Å²) in [7, 11) is 0. The molecular formula is C12H6S2Th2-2. The van der Waals surface area contributed by atoms with Gasteiger partial charge in [-0.2, -0.15) is 48.5 Å². The van der Waals surface area contributed by atoms with Gasteiger partial charge in [-0.1, -0.05) is 19.6 Å². The SMILES string of the molecule is [Th].[Th].[c-]1cccc2c1Sc1[c-]cccc1S2. The third-order valence-corrected chi connectivity index (χ3v) is 4.45. The van der Waals surface area contributed by atoms with Crippen LogP contribution >= 0.6 is 23.5 Å². The maximum atomic E-state index is 3.25. The van der Waals surface area contributed by atoms with E-state index in [0.29, 0.717) is 0 Å². The first-order valence-corrected chi connectivity index (χ1v) is 5.94. The normalized spacial score (nSPS) is 11.5. The molecule has 0 N–H and O–H groups in total. The Bertz CT molecular complexity index is 398. The van der Waals surface area contributed by atoms with Crippen LogP contribution in [0.25, 0.3) is 0 Å². The zero-order chi connectivity index (χ0) is 9.38. The molecule has 4 heteroatoms. The predicted molar refractivity (Wildman–Crippen MR) is 58.8 cm³/mol. The van der Waals surface area contributed by atoms with E-state index in [-0.39, 0.29) is 79.9 Å². The number of rotatable bonds is 0. The molecule has 0 bridgehead atoms. The van der Waals surface area contributed by atoms with Gasteiger partial charge in [0.25, 0.3) is 0 Å². The van der Waals surface area contributed by atoms with Crippen LogP contribution < -0.4 is 0 Å². The summed E-state index contributed by atoms with van der Waals surface area (Å²) in [6, 6.07) is 18.8. The van der Waals surface area contributed by atoms with Crippen molar-refractivity contribution in [3.05, 3.63) is 48.5 Å². The Labute approximate surface area is 168 Å². The molecule has 2 aromatic carbocycles. The van der Waals surface area contributed by atoms with E-state index >= 15 is 0 Å². The fourth-order valence-electron chi connectivity index (χ4n) is 1.35. The van der Waals surface area contributed by atoms with Crippen molar-refractivity contribution >= 4 is 23.5 Å². The average molecular weight is 678 g/mol. The zero-order valence-corrected chi connectivity index (χ0v) is 18.1. The summed E-state index contributed by atoms with van der Waals surface area (Å²) in [4.78, 5) is 5.02. The van der Waals surface area contributed by atoms with Crippen molar-refractivity contribution in [2.24, 2.45) is 0 Å². The maximum Gasteiger partial charge on any atom is 0 e. The van der Waals surface area contributed by atoms with Crippen LogP contribution in [-0.2, 0) is 0 Å². The quantitative estimate of drug-likeness (QED) is 0.332. The van der Waals surface area contributed by atoms with Gasteiger partial charge in [0.05, 0.1) is 0 Å². The van der Waals surface area contributed by atoms with Crippen LogP contribution in [0.2, 0.25) is 0 Å². The first kappa shape index (κ1) is 15.8. The van der Waals surface area contributed by atoms with Gasteiger partial charge in [0.2, 0.25) is 0 Å². The van der Waals surface area contributed by atoms with Gasteiger partial charge >= 0.3 is 0 Å². The molecule has 0 unspecified atom stereocenters. The Morgan fingerprint density at radius 3 is 1.75 bits per heavy atom. The van der Waals surface area contributed by atoms with Crippen LogP contribution in [0.4, 0.5) is 0 Å². The van der Waals surface area contributed by atoms with Crippen molar-refractivity contribution in [3.8, 4) is 0 Å². The van der Waals surface area contributed by atoms with Crippen LogP contribution in [0, 0.1) is 92.0 Å². The number of fused-ring (bicyclic) bond motifs is 2. The van der Waals surface area contributed by atoms with E-state index in [2.05, 4.69) is 24.3 Å². The minimum absolute atomic E-state index is 0. The molecule has 0 saturated carbocycles. The second-order valence-electron chi connectivity index (χ2n) is 2.93. The van der Waals surface area contributed by atoms with Gasteiger partial charge in [0, 0.05) is 79.9 Å². The van der Waals surface area contributed by atoms with Gasteiger partial charge in [-0.05, 0) is 0 Å². The van der Waals surface area contributed by atoms with Gasteiger partial charge in [-0.3, -0.25) is 0 Å². The van der Waals surface area contributed by atoms with Crippen molar-refractivity contribution < 1.29 is 79.9 Å². The molecule has 0 atom stereocenters. The second kappa shape index (κ2) is 7.40. The van der Waals surface area contributed by atoms with Crippen molar-refractivity contribution in [1.82, 2.24) is 0 Å². The first-order valence-electron chi connectivity index (χ1n) is 4.30. The van der Waals surface area contributed by atoms with Crippen LogP contribution in [-0.4, -0.2) is 0 Å². The summed E-state index contributed by atoms with van der Waals surface area (Å²) in [5.74, 6) is 0. The predicted octanol–water partition coefficient (Wildman–Crippen LogP) is 3.90. The molecule has 3 rings (SSSR count). The second-order valence-corrected chi connectivity index (χ2v) is 5.04. The molecule has 0 nitrogen and oxygen atoms in total. The van der Waals surface area contributed by atoms with E-state index in [9.17, 15) is 0 Å². The van der Waals surface area contributed by atoms with Crippen molar-refractivity contribution in [3.63, 3.8) is 0 Å². The van der Waals surface area contributed by atoms with Crippen LogP contribution in [0.15, 0.2) is 56.0 Å². The summed E-state index contributed by atoms with van der Waals surface area (Å²) in [5.41, 5.74) is 0. The smallest absolute Gasteiger partial charge is 0 e. The largest absolute Gasteiger partial charge is 0.227 e. The Morgan fingerprint density at radius 2 is 1.25 bits per heavy atom. The van der Waals surface area contributed by atoms with Gasteiger partial charge < -0.3 is 0 Å². The Kier molecular flexibility index (Phi) is 7.32. The monoisotopic (exact) mass is 678 g/mol. The van der Waals surface area contributed by atoms with E-state index in [1.807, 2.05) is 24.3 Å². The number of hydrogen-bond acceptors (Lipinski definition) is 2. The molecule has 0 spiro atoms.